The van der Waals surface area contributed by atoms with Gasteiger partial charge in [-0.3, -0.25) is 4.79 Å². The Bertz CT molecular complexity index is 872. The van der Waals surface area contributed by atoms with Crippen LogP contribution in [0.3, 0.4) is 0 Å². The van der Waals surface area contributed by atoms with Crippen molar-refractivity contribution in [2.75, 3.05) is 18.5 Å². The first-order valence-electron chi connectivity index (χ1n) is 7.71. The van der Waals surface area contributed by atoms with Gasteiger partial charge in [0.2, 0.25) is 0 Å². The molecule has 2 aromatic rings. The van der Waals surface area contributed by atoms with Gasteiger partial charge < -0.3 is 19.9 Å². The first-order valence-corrected chi connectivity index (χ1v) is 7.71. The normalized spacial score (nSPS) is 12.4. The summed E-state index contributed by atoms with van der Waals surface area (Å²) in [5.41, 5.74) is 2.12. The van der Waals surface area contributed by atoms with Crippen molar-refractivity contribution in [3.63, 3.8) is 0 Å². The molecule has 0 aromatic heterocycles. The number of anilines is 1. The summed E-state index contributed by atoms with van der Waals surface area (Å²) in [5, 5.41) is 12.1. The van der Waals surface area contributed by atoms with Crippen LogP contribution in [0.15, 0.2) is 36.9 Å². The minimum Gasteiger partial charge on any atom is -0.486 e. The van der Waals surface area contributed by atoms with Gasteiger partial charge in [-0.25, -0.2) is 4.79 Å². The van der Waals surface area contributed by atoms with Crippen LogP contribution >= 0.6 is 0 Å². The summed E-state index contributed by atoms with van der Waals surface area (Å²) in [7, 11) is 0. The number of amides is 1. The molecule has 1 aliphatic heterocycles. The monoisotopic (exact) mass is 339 g/mol. The van der Waals surface area contributed by atoms with E-state index in [9.17, 15) is 14.7 Å². The van der Waals surface area contributed by atoms with Crippen molar-refractivity contribution in [2.24, 2.45) is 0 Å². The molecule has 6 heteroatoms. The number of nitrogens with one attached hydrogen (secondary N) is 1. The average Bonchev–Trinajstić information content (AvgIpc) is 2.61. The molecule has 1 heterocycles. The number of carboxylic acids is 1. The van der Waals surface area contributed by atoms with Crippen LogP contribution in [0.1, 0.15) is 31.8 Å². The Hall–Kier alpha value is -3.28. The van der Waals surface area contributed by atoms with Crippen molar-refractivity contribution in [2.45, 2.75) is 6.92 Å². The van der Waals surface area contributed by atoms with Crippen molar-refractivity contribution >= 4 is 23.6 Å². The summed E-state index contributed by atoms with van der Waals surface area (Å²) in [4.78, 5) is 24.2. The summed E-state index contributed by atoms with van der Waals surface area (Å²) in [5.74, 6) is -0.807. The lowest BCUT2D eigenvalue weighted by molar-refractivity contribution is 0.0697. The molecule has 1 aliphatic rings. The fourth-order valence-electron chi connectivity index (χ4n) is 2.57. The van der Waals surface area contributed by atoms with E-state index in [1.165, 1.54) is 12.1 Å². The maximum atomic E-state index is 12.6. The summed E-state index contributed by atoms with van der Waals surface area (Å²) in [6.45, 7) is 6.22. The second-order valence-corrected chi connectivity index (χ2v) is 5.58. The highest BCUT2D eigenvalue weighted by atomic mass is 16.6. The molecule has 0 saturated carbocycles. The van der Waals surface area contributed by atoms with Gasteiger partial charge in [0.25, 0.3) is 5.91 Å². The predicted molar refractivity (Wildman–Crippen MR) is 93.6 cm³/mol. The predicted octanol–water partition coefficient (Wildman–Crippen LogP) is 3.36. The molecule has 0 unspecified atom stereocenters. The lowest BCUT2D eigenvalue weighted by Gasteiger charge is -2.20. The summed E-state index contributed by atoms with van der Waals surface area (Å²) in [6, 6.07) is 8.21. The lowest BCUT2D eigenvalue weighted by Crippen LogP contribution is -2.19. The molecule has 2 N–H and O–H groups in total. The molecule has 0 fully saturated rings. The minimum atomic E-state index is -1.16. The van der Waals surface area contributed by atoms with Crippen molar-refractivity contribution in [3.05, 3.63) is 59.2 Å². The van der Waals surface area contributed by atoms with E-state index in [4.69, 9.17) is 9.47 Å². The molecule has 6 nitrogen and oxygen atoms in total. The zero-order valence-corrected chi connectivity index (χ0v) is 13.7. The van der Waals surface area contributed by atoms with Crippen molar-refractivity contribution < 1.29 is 24.2 Å². The van der Waals surface area contributed by atoms with E-state index in [-0.39, 0.29) is 11.3 Å². The third-order valence-electron chi connectivity index (χ3n) is 3.90. The van der Waals surface area contributed by atoms with E-state index >= 15 is 0 Å². The van der Waals surface area contributed by atoms with Gasteiger partial charge >= 0.3 is 5.97 Å². The van der Waals surface area contributed by atoms with E-state index < -0.39 is 11.9 Å². The molecule has 1 amide bonds. The van der Waals surface area contributed by atoms with Gasteiger partial charge in [-0.1, -0.05) is 24.8 Å². The first-order chi connectivity index (χ1) is 12.0. The molecular weight excluding hydrogens is 322 g/mol. The molecule has 2 aromatic carbocycles. The number of ether oxygens (including phenoxy) is 2. The van der Waals surface area contributed by atoms with Gasteiger partial charge in [-0.15, -0.1) is 0 Å². The van der Waals surface area contributed by atoms with E-state index in [1.54, 1.807) is 12.1 Å². The fraction of sp³-hybridized carbons (Fsp3) is 0.158. The number of rotatable bonds is 4. The zero-order chi connectivity index (χ0) is 18.0. The molecule has 3 rings (SSSR count). The Morgan fingerprint density at radius 2 is 1.80 bits per heavy atom. The number of fused-ring (bicyclic) bond motifs is 1. The Kier molecular flexibility index (Phi) is 4.43. The molecular formula is C19H17NO5. The largest absolute Gasteiger partial charge is 0.486 e. The van der Waals surface area contributed by atoms with Crippen molar-refractivity contribution in [1.82, 2.24) is 0 Å². The van der Waals surface area contributed by atoms with Crippen LogP contribution in [0.5, 0.6) is 11.5 Å². The quantitative estimate of drug-likeness (QED) is 0.892. The van der Waals surface area contributed by atoms with Gasteiger partial charge in [0.1, 0.15) is 13.2 Å². The van der Waals surface area contributed by atoms with Crippen molar-refractivity contribution in [3.8, 4) is 11.5 Å². The highest BCUT2D eigenvalue weighted by Crippen LogP contribution is 2.36. The number of hydrogen-bond acceptors (Lipinski definition) is 4. The van der Waals surface area contributed by atoms with Crippen LogP contribution in [0, 0.1) is 6.92 Å². The minimum absolute atomic E-state index is 0.0601. The van der Waals surface area contributed by atoms with Gasteiger partial charge in [-0.2, -0.15) is 0 Å². The number of aryl methyl sites for hydroxylation is 1. The topological polar surface area (TPSA) is 84.9 Å². The Morgan fingerprint density at radius 3 is 2.44 bits per heavy atom. The van der Waals surface area contributed by atoms with Crippen molar-refractivity contribution in [1.29, 1.82) is 0 Å². The highest BCUT2D eigenvalue weighted by Gasteiger charge is 2.21. The molecule has 0 spiro atoms. The fourth-order valence-corrected chi connectivity index (χ4v) is 2.57. The Balaban J connectivity index is 1.98. The molecule has 0 aliphatic carbocycles. The lowest BCUT2D eigenvalue weighted by atomic mass is 10.0. The average molecular weight is 339 g/mol. The van der Waals surface area contributed by atoms with Crippen LogP contribution in [0.25, 0.3) is 6.08 Å². The molecule has 128 valence electrons. The van der Waals surface area contributed by atoms with Crippen LogP contribution < -0.4 is 14.8 Å². The standard InChI is InChI=1S/C19H17NO5/c1-3-12-5-4-11(2)13(8-12)18(21)20-15-10-17-16(24-6-7-25-17)9-14(15)19(22)23/h3-5,8-10H,1,6-7H2,2H3,(H,20,21)(H,22,23). The Morgan fingerprint density at radius 1 is 1.12 bits per heavy atom. The molecule has 0 bridgehead atoms. The van der Waals surface area contributed by atoms with Crippen LogP contribution in [0.2, 0.25) is 0 Å². The smallest absolute Gasteiger partial charge is 0.337 e. The molecule has 0 atom stereocenters. The van der Waals surface area contributed by atoms with E-state index in [2.05, 4.69) is 11.9 Å². The summed E-state index contributed by atoms with van der Waals surface area (Å²) in [6.07, 6.45) is 1.64. The number of carboxylic acid groups (broad SMARTS) is 1. The van der Waals surface area contributed by atoms with Crippen LogP contribution in [-0.2, 0) is 0 Å². The molecule has 25 heavy (non-hydrogen) atoms. The van der Waals surface area contributed by atoms with Gasteiger partial charge in [0.05, 0.1) is 11.3 Å². The maximum Gasteiger partial charge on any atom is 0.337 e. The third-order valence-corrected chi connectivity index (χ3v) is 3.90. The first kappa shape index (κ1) is 16.6. The summed E-state index contributed by atoms with van der Waals surface area (Å²) >= 11 is 0. The highest BCUT2D eigenvalue weighted by molar-refractivity contribution is 6.09. The van der Waals surface area contributed by atoms with E-state index in [1.807, 2.05) is 19.1 Å². The van der Waals surface area contributed by atoms with Crippen LogP contribution in [0.4, 0.5) is 5.69 Å². The van der Waals surface area contributed by atoms with Gasteiger partial charge in [0.15, 0.2) is 11.5 Å². The van der Waals surface area contributed by atoms with E-state index in [0.29, 0.717) is 30.3 Å². The summed E-state index contributed by atoms with van der Waals surface area (Å²) < 4.78 is 10.9. The number of carbonyl (C=O) groups is 2. The number of carbonyl (C=O) groups excluding carboxylic acids is 1. The molecule has 0 saturated heterocycles. The second-order valence-electron chi connectivity index (χ2n) is 5.58. The Labute approximate surface area is 144 Å². The van der Waals surface area contributed by atoms with Gasteiger partial charge in [0, 0.05) is 17.7 Å². The number of benzene rings is 2. The zero-order valence-electron chi connectivity index (χ0n) is 13.7. The van der Waals surface area contributed by atoms with Crippen LogP contribution in [-0.4, -0.2) is 30.2 Å². The number of aromatic carboxylic acids is 1. The molecule has 0 radical (unpaired) electrons. The third kappa shape index (κ3) is 3.33. The maximum absolute atomic E-state index is 12.6. The van der Waals surface area contributed by atoms with Gasteiger partial charge in [-0.05, 0) is 24.1 Å². The second kappa shape index (κ2) is 6.68. The SMILES string of the molecule is C=Cc1ccc(C)c(C(=O)Nc2cc3c(cc2C(=O)O)OCCO3)c1. The number of hydrogen-bond donors (Lipinski definition) is 2. The van der Waals surface area contributed by atoms with E-state index in [0.717, 1.165) is 11.1 Å².